The van der Waals surface area contributed by atoms with E-state index in [0.29, 0.717) is 41.7 Å². The summed E-state index contributed by atoms with van der Waals surface area (Å²) in [7, 11) is 1.38. The van der Waals surface area contributed by atoms with Crippen LogP contribution < -0.4 is 9.64 Å². The van der Waals surface area contributed by atoms with E-state index in [1.165, 1.54) is 7.11 Å². The Bertz CT molecular complexity index is 1270. The van der Waals surface area contributed by atoms with E-state index < -0.39 is 5.60 Å². The lowest BCUT2D eigenvalue weighted by molar-refractivity contribution is 0.0288. The Labute approximate surface area is 235 Å². The SMILES string of the molecule is COC(=O)c1cccc(CN(CC2CCN(C(=O)OC(C)(C)C)C2)c2ccc(Oc3ccc(Cl)cc3)cc2)c1. The number of carbonyl (C=O) groups is 2. The predicted octanol–water partition coefficient (Wildman–Crippen LogP) is 7.18. The minimum absolute atomic E-state index is 0.270. The third-order valence-corrected chi connectivity index (χ3v) is 6.64. The smallest absolute Gasteiger partial charge is 0.410 e. The van der Waals surface area contributed by atoms with Crippen molar-refractivity contribution in [3.8, 4) is 11.5 Å². The second kappa shape index (κ2) is 12.4. The molecule has 3 aromatic carbocycles. The molecule has 39 heavy (non-hydrogen) atoms. The fourth-order valence-corrected chi connectivity index (χ4v) is 4.67. The van der Waals surface area contributed by atoms with Gasteiger partial charge in [0.25, 0.3) is 0 Å². The second-order valence-electron chi connectivity index (χ2n) is 10.7. The van der Waals surface area contributed by atoms with Gasteiger partial charge < -0.3 is 24.0 Å². The normalized spacial score (nSPS) is 15.1. The summed E-state index contributed by atoms with van der Waals surface area (Å²) >= 11 is 5.98. The van der Waals surface area contributed by atoms with Gasteiger partial charge >= 0.3 is 12.1 Å². The zero-order chi connectivity index (χ0) is 28.0. The number of carbonyl (C=O) groups excluding carboxylic acids is 2. The molecule has 1 unspecified atom stereocenters. The van der Waals surface area contributed by atoms with Crippen LogP contribution in [0.15, 0.2) is 72.8 Å². The number of benzene rings is 3. The van der Waals surface area contributed by atoms with Gasteiger partial charge in [-0.15, -0.1) is 0 Å². The largest absolute Gasteiger partial charge is 0.465 e. The minimum atomic E-state index is -0.526. The highest BCUT2D eigenvalue weighted by Crippen LogP contribution is 2.29. The zero-order valence-corrected chi connectivity index (χ0v) is 23.6. The minimum Gasteiger partial charge on any atom is -0.465 e. The molecule has 0 aromatic heterocycles. The van der Waals surface area contributed by atoms with E-state index in [9.17, 15) is 9.59 Å². The quantitative estimate of drug-likeness (QED) is 0.277. The highest BCUT2D eigenvalue weighted by Gasteiger charge is 2.31. The number of anilines is 1. The van der Waals surface area contributed by atoms with Crippen molar-refractivity contribution in [3.05, 3.63) is 88.9 Å². The van der Waals surface area contributed by atoms with Crippen LogP contribution >= 0.6 is 11.6 Å². The molecule has 1 amide bonds. The molecule has 1 fully saturated rings. The van der Waals surface area contributed by atoms with Crippen LogP contribution in [0, 0.1) is 5.92 Å². The summed E-state index contributed by atoms with van der Waals surface area (Å²) in [6.07, 6.45) is 0.612. The van der Waals surface area contributed by atoms with Crippen LogP contribution in [0.1, 0.15) is 43.1 Å². The van der Waals surface area contributed by atoms with Gasteiger partial charge in [-0.3, -0.25) is 0 Å². The van der Waals surface area contributed by atoms with Gasteiger partial charge in [0.05, 0.1) is 12.7 Å². The Morgan fingerprint density at radius 2 is 1.67 bits per heavy atom. The third-order valence-electron chi connectivity index (χ3n) is 6.39. The van der Waals surface area contributed by atoms with Crippen molar-refractivity contribution in [3.63, 3.8) is 0 Å². The number of halogens is 1. The first kappa shape index (κ1) is 28.3. The van der Waals surface area contributed by atoms with Gasteiger partial charge in [0, 0.05) is 36.9 Å². The molecule has 8 heteroatoms. The van der Waals surface area contributed by atoms with E-state index in [-0.39, 0.29) is 18.0 Å². The molecule has 1 saturated heterocycles. The zero-order valence-electron chi connectivity index (χ0n) is 22.9. The average Bonchev–Trinajstić information content (AvgIpc) is 3.38. The first-order chi connectivity index (χ1) is 18.6. The summed E-state index contributed by atoms with van der Waals surface area (Å²) in [6, 6.07) is 22.6. The van der Waals surface area contributed by atoms with Crippen molar-refractivity contribution < 1.29 is 23.8 Å². The number of hydrogen-bond acceptors (Lipinski definition) is 6. The molecule has 7 nitrogen and oxygen atoms in total. The highest BCUT2D eigenvalue weighted by atomic mass is 35.5. The number of hydrogen-bond donors (Lipinski definition) is 0. The van der Waals surface area contributed by atoms with Crippen LogP contribution in [-0.4, -0.2) is 49.3 Å². The maximum atomic E-state index is 12.6. The van der Waals surface area contributed by atoms with Gasteiger partial charge in [0.2, 0.25) is 0 Å². The summed E-state index contributed by atoms with van der Waals surface area (Å²) in [5, 5.41) is 0.654. The van der Waals surface area contributed by atoms with Crippen LogP contribution in [0.4, 0.5) is 10.5 Å². The number of ether oxygens (including phenoxy) is 3. The molecule has 3 aromatic rings. The Kier molecular flexibility index (Phi) is 9.02. The van der Waals surface area contributed by atoms with Crippen LogP contribution in [0.3, 0.4) is 0 Å². The molecule has 1 aliphatic rings. The molecular weight excluding hydrogens is 516 g/mol. The van der Waals surface area contributed by atoms with Crippen molar-refractivity contribution >= 4 is 29.4 Å². The predicted molar refractivity (Wildman–Crippen MR) is 153 cm³/mol. The number of likely N-dealkylation sites (tertiary alicyclic amines) is 1. The number of nitrogens with zero attached hydrogens (tertiary/aromatic N) is 2. The molecule has 206 valence electrons. The lowest BCUT2D eigenvalue weighted by Gasteiger charge is -2.29. The van der Waals surface area contributed by atoms with Crippen LogP contribution in [0.5, 0.6) is 11.5 Å². The summed E-state index contributed by atoms with van der Waals surface area (Å²) in [5.41, 5.74) is 1.99. The third kappa shape index (κ3) is 8.14. The maximum absolute atomic E-state index is 12.6. The van der Waals surface area contributed by atoms with E-state index >= 15 is 0 Å². The molecule has 0 saturated carbocycles. The summed E-state index contributed by atoms with van der Waals surface area (Å²) in [6.45, 7) is 8.25. The maximum Gasteiger partial charge on any atom is 0.410 e. The summed E-state index contributed by atoms with van der Waals surface area (Å²) < 4.78 is 16.4. The molecule has 0 spiro atoms. The molecule has 1 aliphatic heterocycles. The van der Waals surface area contributed by atoms with E-state index in [1.807, 2.05) is 75.4 Å². The van der Waals surface area contributed by atoms with Gasteiger partial charge in [-0.25, -0.2) is 9.59 Å². The van der Waals surface area contributed by atoms with Gasteiger partial charge in [-0.1, -0.05) is 23.7 Å². The van der Waals surface area contributed by atoms with E-state index in [0.717, 1.165) is 24.2 Å². The first-order valence-electron chi connectivity index (χ1n) is 13.0. The molecule has 1 atom stereocenters. The van der Waals surface area contributed by atoms with E-state index in [1.54, 1.807) is 23.1 Å². The van der Waals surface area contributed by atoms with E-state index in [4.69, 9.17) is 25.8 Å². The standard InChI is InChI=1S/C31H35ClN2O5/c1-31(2,3)39-30(36)33-17-16-23(20-33)21-34(19-22-6-5-7-24(18-22)29(35)37-4)26-10-14-28(15-11-26)38-27-12-8-25(32)9-13-27/h5-15,18,23H,16-17,19-21H2,1-4H3. The fourth-order valence-electron chi connectivity index (χ4n) is 4.55. The van der Waals surface area contributed by atoms with Crippen molar-refractivity contribution in [2.45, 2.75) is 39.3 Å². The van der Waals surface area contributed by atoms with Crippen molar-refractivity contribution in [1.29, 1.82) is 0 Å². The average molecular weight is 551 g/mol. The van der Waals surface area contributed by atoms with Crippen LogP contribution in [-0.2, 0) is 16.0 Å². The molecule has 0 bridgehead atoms. The number of amides is 1. The van der Waals surface area contributed by atoms with E-state index in [2.05, 4.69) is 4.90 Å². The molecule has 0 radical (unpaired) electrons. The number of esters is 1. The van der Waals surface area contributed by atoms with Crippen LogP contribution in [0.2, 0.25) is 5.02 Å². The molecule has 0 N–H and O–H groups in total. The Balaban J connectivity index is 1.51. The van der Waals surface area contributed by atoms with Crippen LogP contribution in [0.25, 0.3) is 0 Å². The van der Waals surface area contributed by atoms with Gasteiger partial charge in [0.15, 0.2) is 0 Å². The first-order valence-corrected chi connectivity index (χ1v) is 13.4. The molecule has 1 heterocycles. The van der Waals surface area contributed by atoms with Gasteiger partial charge in [-0.05, 0) is 99.3 Å². The molecular formula is C31H35ClN2O5. The lowest BCUT2D eigenvalue weighted by Crippen LogP contribution is -2.36. The topological polar surface area (TPSA) is 68.3 Å². The van der Waals surface area contributed by atoms with Gasteiger partial charge in [0.1, 0.15) is 17.1 Å². The highest BCUT2D eigenvalue weighted by molar-refractivity contribution is 6.30. The van der Waals surface area contributed by atoms with Crippen molar-refractivity contribution in [2.75, 3.05) is 31.6 Å². The Hall–Kier alpha value is -3.71. The Morgan fingerprint density at radius 1 is 1.00 bits per heavy atom. The molecule has 0 aliphatic carbocycles. The van der Waals surface area contributed by atoms with Crippen molar-refractivity contribution in [2.24, 2.45) is 5.92 Å². The number of rotatable bonds is 8. The van der Waals surface area contributed by atoms with Gasteiger partial charge in [-0.2, -0.15) is 0 Å². The summed E-state index contributed by atoms with van der Waals surface area (Å²) in [5.74, 6) is 1.32. The second-order valence-corrected chi connectivity index (χ2v) is 11.1. The monoisotopic (exact) mass is 550 g/mol. The summed E-state index contributed by atoms with van der Waals surface area (Å²) in [4.78, 5) is 28.8. The lowest BCUT2D eigenvalue weighted by atomic mass is 10.1. The fraction of sp³-hybridized carbons (Fsp3) is 0.355. The molecule has 4 rings (SSSR count). The Morgan fingerprint density at radius 3 is 2.31 bits per heavy atom. The number of methoxy groups -OCH3 is 1. The van der Waals surface area contributed by atoms with Crippen molar-refractivity contribution in [1.82, 2.24) is 4.90 Å².